The van der Waals surface area contributed by atoms with Gasteiger partial charge < -0.3 is 5.32 Å². The van der Waals surface area contributed by atoms with Gasteiger partial charge in [-0.15, -0.1) is 11.8 Å². The van der Waals surface area contributed by atoms with Crippen LogP contribution in [0.2, 0.25) is 5.02 Å². The molecule has 2 nitrogen and oxygen atoms in total. The summed E-state index contributed by atoms with van der Waals surface area (Å²) in [6.07, 6.45) is 0. The average molecular weight is 386 g/mol. The molecule has 26 heavy (non-hydrogen) atoms. The number of rotatable bonds is 6. The highest BCUT2D eigenvalue weighted by molar-refractivity contribution is 7.98. The van der Waals surface area contributed by atoms with Crippen molar-refractivity contribution in [3.63, 3.8) is 0 Å². The SMILES string of the molecule is O=C(NCc1ccccc1F)c1cccc(CSc2ccc(Cl)cc2)c1. The van der Waals surface area contributed by atoms with Gasteiger partial charge in [0.1, 0.15) is 5.82 Å². The second-order valence-corrected chi connectivity index (χ2v) is 7.20. The van der Waals surface area contributed by atoms with E-state index in [4.69, 9.17) is 11.6 Å². The molecule has 3 rings (SSSR count). The van der Waals surface area contributed by atoms with Crippen molar-refractivity contribution in [3.8, 4) is 0 Å². The number of nitrogens with one attached hydrogen (secondary N) is 1. The van der Waals surface area contributed by atoms with Gasteiger partial charge in [-0.3, -0.25) is 4.79 Å². The lowest BCUT2D eigenvalue weighted by Crippen LogP contribution is -2.23. The fourth-order valence-electron chi connectivity index (χ4n) is 2.42. The van der Waals surface area contributed by atoms with Crippen molar-refractivity contribution >= 4 is 29.3 Å². The van der Waals surface area contributed by atoms with Gasteiger partial charge in [-0.1, -0.05) is 41.9 Å². The third-order valence-corrected chi connectivity index (χ3v) is 5.14. The summed E-state index contributed by atoms with van der Waals surface area (Å²) in [4.78, 5) is 13.5. The quantitative estimate of drug-likeness (QED) is 0.551. The minimum Gasteiger partial charge on any atom is -0.348 e. The topological polar surface area (TPSA) is 29.1 Å². The van der Waals surface area contributed by atoms with Gasteiger partial charge in [-0.25, -0.2) is 4.39 Å². The average Bonchev–Trinajstić information content (AvgIpc) is 2.67. The zero-order valence-corrected chi connectivity index (χ0v) is 15.5. The monoisotopic (exact) mass is 385 g/mol. The van der Waals surface area contributed by atoms with E-state index in [2.05, 4.69) is 5.32 Å². The van der Waals surface area contributed by atoms with Crippen LogP contribution in [-0.2, 0) is 12.3 Å². The first-order valence-electron chi connectivity index (χ1n) is 8.11. The van der Waals surface area contributed by atoms with Crippen LogP contribution >= 0.6 is 23.4 Å². The highest BCUT2D eigenvalue weighted by Crippen LogP contribution is 2.24. The molecule has 0 aliphatic carbocycles. The zero-order valence-electron chi connectivity index (χ0n) is 13.9. The molecular weight excluding hydrogens is 369 g/mol. The molecule has 0 bridgehead atoms. The molecule has 132 valence electrons. The molecule has 1 N–H and O–H groups in total. The van der Waals surface area contributed by atoms with Gasteiger partial charge in [0.25, 0.3) is 5.91 Å². The van der Waals surface area contributed by atoms with E-state index in [1.807, 2.05) is 42.5 Å². The Hall–Kier alpha value is -2.30. The Morgan fingerprint density at radius 1 is 1.00 bits per heavy atom. The third-order valence-electron chi connectivity index (χ3n) is 3.81. The van der Waals surface area contributed by atoms with Crippen LogP contribution in [0.5, 0.6) is 0 Å². The predicted octanol–water partition coefficient (Wildman–Crippen LogP) is 5.70. The minimum atomic E-state index is -0.319. The van der Waals surface area contributed by atoms with Crippen molar-refractivity contribution < 1.29 is 9.18 Å². The Bertz CT molecular complexity index is 899. The summed E-state index contributed by atoms with van der Waals surface area (Å²) < 4.78 is 13.6. The maximum absolute atomic E-state index is 13.6. The molecule has 0 saturated carbocycles. The fourth-order valence-corrected chi connectivity index (χ4v) is 3.39. The van der Waals surface area contributed by atoms with E-state index in [1.165, 1.54) is 6.07 Å². The van der Waals surface area contributed by atoms with Crippen LogP contribution in [0.15, 0.2) is 77.7 Å². The van der Waals surface area contributed by atoms with Crippen LogP contribution in [0.25, 0.3) is 0 Å². The van der Waals surface area contributed by atoms with Crippen molar-refractivity contribution in [2.24, 2.45) is 0 Å². The number of halogens is 2. The van der Waals surface area contributed by atoms with Gasteiger partial charge >= 0.3 is 0 Å². The number of benzene rings is 3. The Morgan fingerprint density at radius 2 is 1.77 bits per heavy atom. The van der Waals surface area contributed by atoms with E-state index in [-0.39, 0.29) is 18.3 Å². The summed E-state index contributed by atoms with van der Waals surface area (Å²) in [5, 5.41) is 3.47. The lowest BCUT2D eigenvalue weighted by molar-refractivity contribution is 0.0950. The summed E-state index contributed by atoms with van der Waals surface area (Å²) in [7, 11) is 0. The molecule has 0 spiro atoms. The highest BCUT2D eigenvalue weighted by Gasteiger charge is 2.08. The van der Waals surface area contributed by atoms with Crippen molar-refractivity contribution in [3.05, 3.63) is 100 Å². The predicted molar refractivity (Wildman–Crippen MR) is 105 cm³/mol. The highest BCUT2D eigenvalue weighted by atomic mass is 35.5. The van der Waals surface area contributed by atoms with E-state index in [0.29, 0.717) is 16.1 Å². The lowest BCUT2D eigenvalue weighted by Gasteiger charge is -2.08. The first kappa shape index (κ1) is 18.5. The molecule has 0 fully saturated rings. The van der Waals surface area contributed by atoms with E-state index < -0.39 is 0 Å². The summed E-state index contributed by atoms with van der Waals surface area (Å²) in [5.41, 5.74) is 2.08. The number of carbonyl (C=O) groups excluding carboxylic acids is 1. The van der Waals surface area contributed by atoms with Crippen LogP contribution in [0.3, 0.4) is 0 Å². The first-order chi connectivity index (χ1) is 12.6. The smallest absolute Gasteiger partial charge is 0.251 e. The van der Waals surface area contributed by atoms with Gasteiger partial charge in [0.15, 0.2) is 0 Å². The zero-order chi connectivity index (χ0) is 18.4. The third kappa shape index (κ3) is 5.10. The minimum absolute atomic E-state index is 0.162. The molecule has 0 unspecified atom stereocenters. The summed E-state index contributed by atoms with van der Waals surface area (Å²) in [6.45, 7) is 0.162. The molecule has 0 saturated heterocycles. The Kier molecular flexibility index (Phi) is 6.31. The lowest BCUT2D eigenvalue weighted by atomic mass is 10.1. The van der Waals surface area contributed by atoms with Crippen LogP contribution in [0.4, 0.5) is 4.39 Å². The van der Waals surface area contributed by atoms with E-state index in [0.717, 1.165) is 16.2 Å². The number of hydrogen-bond acceptors (Lipinski definition) is 2. The van der Waals surface area contributed by atoms with E-state index in [9.17, 15) is 9.18 Å². The Labute approximate surface area is 161 Å². The fraction of sp³-hybridized carbons (Fsp3) is 0.0952. The van der Waals surface area contributed by atoms with Gasteiger partial charge in [0.2, 0.25) is 0 Å². The van der Waals surface area contributed by atoms with Gasteiger partial charge in [-0.2, -0.15) is 0 Å². The van der Waals surface area contributed by atoms with Gasteiger partial charge in [-0.05, 0) is 48.0 Å². The number of carbonyl (C=O) groups is 1. The van der Waals surface area contributed by atoms with Crippen LogP contribution in [0, 0.1) is 5.82 Å². The second-order valence-electron chi connectivity index (χ2n) is 5.72. The normalized spacial score (nSPS) is 10.5. The molecule has 3 aromatic rings. The summed E-state index contributed by atoms with van der Waals surface area (Å²) in [6, 6.07) is 21.5. The maximum Gasteiger partial charge on any atom is 0.251 e. The van der Waals surface area contributed by atoms with Gasteiger partial charge in [0, 0.05) is 33.3 Å². The van der Waals surface area contributed by atoms with Crippen molar-refractivity contribution in [2.75, 3.05) is 0 Å². The molecule has 0 aliphatic heterocycles. The van der Waals surface area contributed by atoms with Crippen LogP contribution < -0.4 is 5.32 Å². The molecule has 0 atom stereocenters. The molecule has 0 aromatic heterocycles. The first-order valence-corrected chi connectivity index (χ1v) is 9.47. The Morgan fingerprint density at radius 3 is 2.54 bits per heavy atom. The van der Waals surface area contributed by atoms with Crippen LogP contribution in [0.1, 0.15) is 21.5 Å². The van der Waals surface area contributed by atoms with E-state index >= 15 is 0 Å². The molecule has 0 radical (unpaired) electrons. The standard InChI is InChI=1S/C21H17ClFNOS/c22-18-8-10-19(11-9-18)26-14-15-4-3-6-16(12-15)21(25)24-13-17-5-1-2-7-20(17)23/h1-12H,13-14H2,(H,24,25). The van der Waals surface area contributed by atoms with Crippen molar-refractivity contribution in [2.45, 2.75) is 17.2 Å². The summed E-state index contributed by atoms with van der Waals surface area (Å²) >= 11 is 7.57. The molecule has 1 amide bonds. The van der Waals surface area contributed by atoms with E-state index in [1.54, 1.807) is 36.0 Å². The molecule has 0 heterocycles. The molecule has 3 aromatic carbocycles. The van der Waals surface area contributed by atoms with Crippen LogP contribution in [-0.4, -0.2) is 5.91 Å². The second kappa shape index (κ2) is 8.88. The number of amides is 1. The summed E-state index contributed by atoms with van der Waals surface area (Å²) in [5.74, 6) is 0.211. The Balaban J connectivity index is 1.60. The van der Waals surface area contributed by atoms with Crippen molar-refractivity contribution in [1.82, 2.24) is 5.32 Å². The molecule has 5 heteroatoms. The molecular formula is C21H17ClFNOS. The number of thioether (sulfide) groups is 1. The number of hydrogen-bond donors (Lipinski definition) is 1. The molecule has 0 aliphatic rings. The largest absolute Gasteiger partial charge is 0.348 e. The maximum atomic E-state index is 13.6. The van der Waals surface area contributed by atoms with Gasteiger partial charge in [0.05, 0.1) is 0 Å². The van der Waals surface area contributed by atoms with Crippen molar-refractivity contribution in [1.29, 1.82) is 0 Å².